The van der Waals surface area contributed by atoms with Crippen LogP contribution in [0.4, 0.5) is 5.69 Å². The molecule has 1 atom stereocenters. The number of aryl methyl sites for hydroxylation is 1. The Morgan fingerprint density at radius 1 is 1.34 bits per heavy atom. The molecular formula is C20H21N3O5S. The molecule has 0 spiro atoms. The fraction of sp³-hybridized carbons (Fsp3) is 0.350. The van der Waals surface area contributed by atoms with Gasteiger partial charge in [0.15, 0.2) is 0 Å². The fourth-order valence-corrected chi connectivity index (χ4v) is 3.65. The minimum absolute atomic E-state index is 0.0946. The van der Waals surface area contributed by atoms with Gasteiger partial charge in [0.05, 0.1) is 17.5 Å². The van der Waals surface area contributed by atoms with E-state index in [0.717, 1.165) is 29.0 Å². The second-order valence-electron chi connectivity index (χ2n) is 6.65. The largest absolute Gasteiger partial charge is 0.491 e. The minimum atomic E-state index is -0.578. The van der Waals surface area contributed by atoms with E-state index < -0.39 is 5.76 Å². The quantitative estimate of drug-likeness (QED) is 0.607. The van der Waals surface area contributed by atoms with Crippen molar-refractivity contribution in [3.05, 3.63) is 52.3 Å². The van der Waals surface area contributed by atoms with Gasteiger partial charge in [0, 0.05) is 24.8 Å². The summed E-state index contributed by atoms with van der Waals surface area (Å²) in [4.78, 5) is 24.9. The van der Waals surface area contributed by atoms with Crippen molar-refractivity contribution in [2.75, 3.05) is 18.5 Å². The van der Waals surface area contributed by atoms with E-state index in [4.69, 9.17) is 13.9 Å². The minimum Gasteiger partial charge on any atom is -0.491 e. The number of benzene rings is 1. The second kappa shape index (κ2) is 9.06. The smallest absolute Gasteiger partial charge is 0.437 e. The van der Waals surface area contributed by atoms with Crippen molar-refractivity contribution in [2.24, 2.45) is 0 Å². The first-order valence-electron chi connectivity index (χ1n) is 9.43. The highest BCUT2D eigenvalue weighted by Crippen LogP contribution is 2.21. The lowest BCUT2D eigenvalue weighted by atomic mass is 10.2. The topological polar surface area (TPSA) is 95.6 Å². The molecule has 9 heteroatoms. The van der Waals surface area contributed by atoms with E-state index in [2.05, 4.69) is 10.4 Å². The third-order valence-electron chi connectivity index (χ3n) is 4.47. The molecule has 1 aliphatic heterocycles. The summed E-state index contributed by atoms with van der Waals surface area (Å²) >= 11 is 1.43. The van der Waals surface area contributed by atoms with Crippen LogP contribution in [0.15, 0.2) is 51.0 Å². The van der Waals surface area contributed by atoms with Gasteiger partial charge in [-0.25, -0.2) is 4.79 Å². The molecule has 1 saturated heterocycles. The van der Waals surface area contributed by atoms with Crippen LogP contribution < -0.4 is 15.8 Å². The van der Waals surface area contributed by atoms with Gasteiger partial charge >= 0.3 is 5.76 Å². The zero-order chi connectivity index (χ0) is 20.1. The van der Waals surface area contributed by atoms with Crippen molar-refractivity contribution in [3.8, 4) is 16.5 Å². The zero-order valence-electron chi connectivity index (χ0n) is 15.7. The summed E-state index contributed by atoms with van der Waals surface area (Å²) in [5.41, 5.74) is 0.631. The maximum absolute atomic E-state index is 12.3. The molecular weight excluding hydrogens is 394 g/mol. The number of nitrogens with zero attached hydrogens (tertiary/aromatic N) is 2. The van der Waals surface area contributed by atoms with E-state index in [9.17, 15) is 9.59 Å². The maximum atomic E-state index is 12.3. The summed E-state index contributed by atoms with van der Waals surface area (Å²) in [5, 5.41) is 8.83. The van der Waals surface area contributed by atoms with Crippen LogP contribution in [0.1, 0.15) is 19.3 Å². The number of aromatic nitrogens is 2. The molecule has 29 heavy (non-hydrogen) atoms. The normalized spacial score (nSPS) is 16.1. The molecule has 152 valence electrons. The third-order valence-corrected chi connectivity index (χ3v) is 5.32. The highest BCUT2D eigenvalue weighted by atomic mass is 32.1. The number of amides is 1. The van der Waals surface area contributed by atoms with Crippen molar-refractivity contribution in [3.63, 3.8) is 0 Å². The predicted octanol–water partition coefficient (Wildman–Crippen LogP) is 3.15. The molecule has 0 aliphatic carbocycles. The summed E-state index contributed by atoms with van der Waals surface area (Å²) in [6.07, 6.45) is 2.30. The van der Waals surface area contributed by atoms with Crippen LogP contribution in [-0.4, -0.2) is 35.0 Å². The Morgan fingerprint density at radius 3 is 3.07 bits per heavy atom. The van der Waals surface area contributed by atoms with Gasteiger partial charge in [-0.05, 0) is 36.4 Å². The number of hydrogen-bond acceptors (Lipinski definition) is 7. The first kappa shape index (κ1) is 19.4. The van der Waals surface area contributed by atoms with Crippen LogP contribution in [0, 0.1) is 0 Å². The average molecular weight is 415 g/mol. The van der Waals surface area contributed by atoms with Crippen LogP contribution >= 0.6 is 11.3 Å². The van der Waals surface area contributed by atoms with Crippen LogP contribution in [0.3, 0.4) is 0 Å². The Labute approximate surface area is 171 Å². The number of nitrogens with one attached hydrogen (secondary N) is 1. The number of anilines is 1. The molecule has 4 rings (SSSR count). The van der Waals surface area contributed by atoms with Crippen molar-refractivity contribution >= 4 is 22.9 Å². The average Bonchev–Trinajstić information content (AvgIpc) is 3.47. The molecule has 1 unspecified atom stereocenters. The molecule has 2 aromatic heterocycles. The first-order chi connectivity index (χ1) is 14.2. The Kier molecular flexibility index (Phi) is 6.06. The first-order valence-corrected chi connectivity index (χ1v) is 10.3. The Morgan fingerprint density at radius 2 is 2.28 bits per heavy atom. The number of carbonyl (C=O) groups excluding carboxylic acids is 1. The highest BCUT2D eigenvalue weighted by Gasteiger charge is 2.16. The number of hydrogen-bond donors (Lipinski definition) is 1. The van der Waals surface area contributed by atoms with Gasteiger partial charge in [-0.2, -0.15) is 4.68 Å². The highest BCUT2D eigenvalue weighted by molar-refractivity contribution is 7.13. The molecule has 1 aliphatic rings. The Hall–Kier alpha value is -2.91. The van der Waals surface area contributed by atoms with Gasteiger partial charge in [-0.3, -0.25) is 4.79 Å². The standard InChI is InChI=1S/C20H21N3O5S/c24-18(8-9-23-20(25)28-19(22-23)17-7-3-11-29-17)21-14-4-1-5-15(12-14)27-13-16-6-2-10-26-16/h1,3-5,7,11-12,16H,2,6,8-10,13H2,(H,21,24). The van der Waals surface area contributed by atoms with Crippen molar-refractivity contribution < 1.29 is 18.7 Å². The summed E-state index contributed by atoms with van der Waals surface area (Å²) in [6, 6.07) is 10.9. The summed E-state index contributed by atoms with van der Waals surface area (Å²) < 4.78 is 17.6. The van der Waals surface area contributed by atoms with Crippen LogP contribution in [0.2, 0.25) is 0 Å². The molecule has 0 saturated carbocycles. The van der Waals surface area contributed by atoms with Crippen LogP contribution in [0.5, 0.6) is 5.75 Å². The van der Waals surface area contributed by atoms with Gasteiger partial charge in [-0.15, -0.1) is 16.4 Å². The van der Waals surface area contributed by atoms with Crippen molar-refractivity contribution in [2.45, 2.75) is 31.9 Å². The van der Waals surface area contributed by atoms with Crippen LogP contribution in [-0.2, 0) is 16.1 Å². The van der Waals surface area contributed by atoms with E-state index in [0.29, 0.717) is 18.0 Å². The van der Waals surface area contributed by atoms with E-state index in [1.54, 1.807) is 12.1 Å². The van der Waals surface area contributed by atoms with E-state index in [1.165, 1.54) is 11.3 Å². The van der Waals surface area contributed by atoms with E-state index in [1.807, 2.05) is 29.6 Å². The summed E-state index contributed by atoms with van der Waals surface area (Å²) in [6.45, 7) is 1.42. The SMILES string of the molecule is O=C(CCn1nc(-c2cccs2)oc1=O)Nc1cccc(OCC2CCCO2)c1. The molecule has 8 nitrogen and oxygen atoms in total. The van der Waals surface area contributed by atoms with E-state index >= 15 is 0 Å². The lowest BCUT2D eigenvalue weighted by Crippen LogP contribution is -2.21. The Balaban J connectivity index is 1.29. The maximum Gasteiger partial charge on any atom is 0.437 e. The lowest BCUT2D eigenvalue weighted by Gasteiger charge is -2.12. The lowest BCUT2D eigenvalue weighted by molar-refractivity contribution is -0.116. The second-order valence-corrected chi connectivity index (χ2v) is 7.59. The molecule has 3 heterocycles. The molecule has 1 aromatic carbocycles. The van der Waals surface area contributed by atoms with Crippen molar-refractivity contribution in [1.82, 2.24) is 9.78 Å². The van der Waals surface area contributed by atoms with Gasteiger partial charge in [0.25, 0.3) is 5.89 Å². The number of thiophene rings is 1. The fourth-order valence-electron chi connectivity index (χ4n) is 3.01. The molecule has 1 N–H and O–H groups in total. The molecule has 1 fully saturated rings. The monoisotopic (exact) mass is 415 g/mol. The molecule has 0 bridgehead atoms. The summed E-state index contributed by atoms with van der Waals surface area (Å²) in [5.74, 6) is 0.132. The van der Waals surface area contributed by atoms with Gasteiger partial charge in [-0.1, -0.05) is 12.1 Å². The zero-order valence-corrected chi connectivity index (χ0v) is 16.5. The van der Waals surface area contributed by atoms with Crippen LogP contribution in [0.25, 0.3) is 10.8 Å². The van der Waals surface area contributed by atoms with Gasteiger partial charge in [0.2, 0.25) is 5.91 Å². The number of rotatable bonds is 8. The Bertz CT molecular complexity index is 1010. The molecule has 1 amide bonds. The molecule has 3 aromatic rings. The van der Waals surface area contributed by atoms with E-state index in [-0.39, 0.29) is 30.9 Å². The molecule has 0 radical (unpaired) electrons. The number of carbonyl (C=O) groups is 1. The van der Waals surface area contributed by atoms with Gasteiger partial charge in [0.1, 0.15) is 12.4 Å². The summed E-state index contributed by atoms with van der Waals surface area (Å²) in [7, 11) is 0. The number of ether oxygens (including phenoxy) is 2. The third kappa shape index (κ3) is 5.12. The van der Waals surface area contributed by atoms with Crippen molar-refractivity contribution in [1.29, 1.82) is 0 Å². The predicted molar refractivity (Wildman–Crippen MR) is 108 cm³/mol. The van der Waals surface area contributed by atoms with Gasteiger partial charge < -0.3 is 19.2 Å².